The Morgan fingerprint density at radius 1 is 1.27 bits per heavy atom. The number of aromatic nitrogens is 1. The van der Waals surface area contributed by atoms with E-state index in [1.54, 1.807) is 0 Å². The highest BCUT2D eigenvalue weighted by molar-refractivity contribution is 5.84. The number of H-pyrrole nitrogens is 1. The van der Waals surface area contributed by atoms with E-state index in [4.69, 9.17) is 0 Å². The minimum Gasteiger partial charge on any atom is -0.355 e. The van der Waals surface area contributed by atoms with Gasteiger partial charge in [0.25, 0.3) is 0 Å². The second-order valence-electron chi connectivity index (χ2n) is 3.76. The van der Waals surface area contributed by atoms with Gasteiger partial charge in [-0.3, -0.25) is 0 Å². The Hall–Kier alpha value is -1.50. The van der Waals surface area contributed by atoms with Crippen molar-refractivity contribution in [1.29, 1.82) is 0 Å². The van der Waals surface area contributed by atoms with Gasteiger partial charge in [-0.15, -0.1) is 0 Å². The van der Waals surface area contributed by atoms with Gasteiger partial charge in [-0.25, -0.2) is 0 Å². The van der Waals surface area contributed by atoms with Crippen LogP contribution in [0.1, 0.15) is 32.4 Å². The second-order valence-corrected chi connectivity index (χ2v) is 3.76. The van der Waals surface area contributed by atoms with Crippen LogP contribution in [0.3, 0.4) is 0 Å². The number of para-hydroxylation sites is 1. The third-order valence-corrected chi connectivity index (χ3v) is 2.71. The predicted molar refractivity (Wildman–Crippen MR) is 66.9 cm³/mol. The van der Waals surface area contributed by atoms with E-state index in [-0.39, 0.29) is 0 Å². The van der Waals surface area contributed by atoms with Crippen molar-refractivity contribution in [3.8, 4) is 0 Å². The number of hydrogen-bond acceptors (Lipinski definition) is 0. The number of aromatic amines is 1. The largest absolute Gasteiger partial charge is 0.355 e. The zero-order chi connectivity index (χ0) is 10.7. The molecule has 0 fully saturated rings. The molecule has 0 atom stereocenters. The van der Waals surface area contributed by atoms with Crippen molar-refractivity contribution in [2.75, 3.05) is 0 Å². The number of rotatable bonds is 3. The van der Waals surface area contributed by atoms with Crippen molar-refractivity contribution < 1.29 is 0 Å². The van der Waals surface area contributed by atoms with Crippen molar-refractivity contribution in [2.24, 2.45) is 0 Å². The minimum absolute atomic E-state index is 1.08. The van der Waals surface area contributed by atoms with E-state index in [0.717, 1.165) is 12.8 Å². The highest BCUT2D eigenvalue weighted by Gasteiger charge is 2.02. The number of nitrogens with one attached hydrogen (secondary N) is 1. The fourth-order valence-corrected chi connectivity index (χ4v) is 1.94. The highest BCUT2D eigenvalue weighted by atomic mass is 14.7. The van der Waals surface area contributed by atoms with E-state index < -0.39 is 0 Å². The Labute approximate surface area is 90.8 Å². The first-order valence-electron chi connectivity index (χ1n) is 5.62. The standard InChI is InChI=1S/C14H17N/c1-3-7-11(4-2)14-10-12-8-5-6-9-13(12)15-14/h5-10,15H,3-4H2,1-2H3/b11-7+. The van der Waals surface area contributed by atoms with Crippen molar-refractivity contribution in [2.45, 2.75) is 26.7 Å². The quantitative estimate of drug-likeness (QED) is 0.755. The molecular weight excluding hydrogens is 182 g/mol. The lowest BCUT2D eigenvalue weighted by molar-refractivity contribution is 1.15. The molecule has 2 aromatic rings. The first-order chi connectivity index (χ1) is 7.35. The Morgan fingerprint density at radius 3 is 2.73 bits per heavy atom. The molecule has 0 bridgehead atoms. The molecule has 1 aromatic carbocycles. The summed E-state index contributed by atoms with van der Waals surface area (Å²) in [7, 11) is 0. The summed E-state index contributed by atoms with van der Waals surface area (Å²) in [5.41, 5.74) is 3.90. The topological polar surface area (TPSA) is 15.8 Å². The molecular formula is C14H17N. The molecule has 1 heteroatoms. The molecule has 78 valence electrons. The van der Waals surface area contributed by atoms with Crippen LogP contribution in [0, 0.1) is 0 Å². The monoisotopic (exact) mass is 199 g/mol. The summed E-state index contributed by atoms with van der Waals surface area (Å²) in [6.45, 7) is 4.38. The average molecular weight is 199 g/mol. The normalized spacial score (nSPS) is 12.3. The third kappa shape index (κ3) is 1.96. The van der Waals surface area contributed by atoms with Gasteiger partial charge < -0.3 is 4.98 Å². The molecule has 0 radical (unpaired) electrons. The predicted octanol–water partition coefficient (Wildman–Crippen LogP) is 4.37. The lowest BCUT2D eigenvalue weighted by Crippen LogP contribution is -1.81. The van der Waals surface area contributed by atoms with Gasteiger partial charge in [0, 0.05) is 11.2 Å². The van der Waals surface area contributed by atoms with Crippen molar-refractivity contribution in [3.05, 3.63) is 42.1 Å². The first-order valence-corrected chi connectivity index (χ1v) is 5.62. The van der Waals surface area contributed by atoms with Crippen molar-refractivity contribution >= 4 is 16.5 Å². The van der Waals surface area contributed by atoms with Gasteiger partial charge in [0.2, 0.25) is 0 Å². The molecule has 1 nitrogen and oxygen atoms in total. The van der Waals surface area contributed by atoms with Gasteiger partial charge in [0.1, 0.15) is 0 Å². The molecule has 1 aromatic heterocycles. The maximum Gasteiger partial charge on any atom is 0.0458 e. The molecule has 1 heterocycles. The van der Waals surface area contributed by atoms with Crippen LogP contribution in [0.2, 0.25) is 0 Å². The smallest absolute Gasteiger partial charge is 0.0458 e. The van der Waals surface area contributed by atoms with Crippen LogP contribution in [0.15, 0.2) is 36.4 Å². The SMILES string of the molecule is CC/C=C(\CC)c1cc2ccccc2[nH]1. The van der Waals surface area contributed by atoms with Crippen LogP contribution in [0.5, 0.6) is 0 Å². The summed E-state index contributed by atoms with van der Waals surface area (Å²) in [5, 5.41) is 1.29. The summed E-state index contributed by atoms with van der Waals surface area (Å²) in [6.07, 6.45) is 4.48. The Bertz CT molecular complexity index is 444. The van der Waals surface area contributed by atoms with Crippen LogP contribution < -0.4 is 0 Å². The summed E-state index contributed by atoms with van der Waals surface area (Å²) >= 11 is 0. The number of hydrogen-bond donors (Lipinski definition) is 1. The van der Waals surface area contributed by atoms with Gasteiger partial charge in [-0.05, 0) is 35.9 Å². The number of benzene rings is 1. The van der Waals surface area contributed by atoms with Gasteiger partial charge in [-0.2, -0.15) is 0 Å². The van der Waals surface area contributed by atoms with Gasteiger partial charge in [0.05, 0.1) is 0 Å². The van der Waals surface area contributed by atoms with Gasteiger partial charge in [-0.1, -0.05) is 38.1 Å². The molecule has 0 unspecified atom stereocenters. The average Bonchev–Trinajstić information content (AvgIpc) is 2.69. The summed E-state index contributed by atoms with van der Waals surface area (Å²) in [4.78, 5) is 3.46. The Morgan fingerprint density at radius 2 is 2.07 bits per heavy atom. The van der Waals surface area contributed by atoms with E-state index in [0.29, 0.717) is 0 Å². The number of fused-ring (bicyclic) bond motifs is 1. The van der Waals surface area contributed by atoms with Crippen molar-refractivity contribution in [1.82, 2.24) is 4.98 Å². The lowest BCUT2D eigenvalue weighted by Gasteiger charge is -1.99. The Balaban J connectivity index is 2.48. The first kappa shape index (κ1) is 10.0. The van der Waals surface area contributed by atoms with Crippen LogP contribution in [0.4, 0.5) is 0 Å². The van der Waals surface area contributed by atoms with E-state index in [2.05, 4.69) is 55.2 Å². The Kier molecular flexibility index (Phi) is 2.91. The molecule has 0 aliphatic carbocycles. The van der Waals surface area contributed by atoms with E-state index >= 15 is 0 Å². The van der Waals surface area contributed by atoms with Crippen LogP contribution in [-0.2, 0) is 0 Å². The van der Waals surface area contributed by atoms with E-state index in [1.807, 2.05) is 0 Å². The fourth-order valence-electron chi connectivity index (χ4n) is 1.94. The maximum absolute atomic E-state index is 3.46. The molecule has 1 N–H and O–H groups in total. The van der Waals surface area contributed by atoms with E-state index in [1.165, 1.54) is 22.2 Å². The molecule has 15 heavy (non-hydrogen) atoms. The fraction of sp³-hybridized carbons (Fsp3) is 0.286. The number of allylic oxidation sites excluding steroid dienone is 2. The van der Waals surface area contributed by atoms with Crippen molar-refractivity contribution in [3.63, 3.8) is 0 Å². The van der Waals surface area contributed by atoms with Crippen LogP contribution in [-0.4, -0.2) is 4.98 Å². The molecule has 0 amide bonds. The lowest BCUT2D eigenvalue weighted by atomic mass is 10.1. The van der Waals surface area contributed by atoms with Crippen LogP contribution in [0.25, 0.3) is 16.5 Å². The zero-order valence-electron chi connectivity index (χ0n) is 9.38. The highest BCUT2D eigenvalue weighted by Crippen LogP contribution is 2.22. The maximum atomic E-state index is 3.46. The molecule has 0 saturated heterocycles. The molecule has 0 saturated carbocycles. The zero-order valence-corrected chi connectivity index (χ0v) is 9.38. The van der Waals surface area contributed by atoms with Gasteiger partial charge >= 0.3 is 0 Å². The summed E-state index contributed by atoms with van der Waals surface area (Å²) in [5.74, 6) is 0. The summed E-state index contributed by atoms with van der Waals surface area (Å²) in [6, 6.07) is 10.7. The molecule has 2 rings (SSSR count). The van der Waals surface area contributed by atoms with E-state index in [9.17, 15) is 0 Å². The second kappa shape index (κ2) is 4.35. The minimum atomic E-state index is 1.08. The molecule has 0 aliphatic heterocycles. The summed E-state index contributed by atoms with van der Waals surface area (Å²) < 4.78 is 0. The van der Waals surface area contributed by atoms with Gasteiger partial charge in [0.15, 0.2) is 0 Å². The third-order valence-electron chi connectivity index (χ3n) is 2.71. The molecule has 0 spiro atoms. The van der Waals surface area contributed by atoms with Crippen LogP contribution >= 0.6 is 0 Å². The molecule has 0 aliphatic rings.